The highest BCUT2D eigenvalue weighted by Gasteiger charge is 2.37. The van der Waals surface area contributed by atoms with Crippen LogP contribution in [0.2, 0.25) is 0 Å². The van der Waals surface area contributed by atoms with Crippen molar-refractivity contribution in [3.8, 4) is 0 Å². The number of rotatable bonds is 12. The quantitative estimate of drug-likeness (QED) is 0.545. The highest BCUT2D eigenvalue weighted by Crippen LogP contribution is 2.38. The van der Waals surface area contributed by atoms with Gasteiger partial charge in [0.1, 0.15) is 0 Å². The van der Waals surface area contributed by atoms with Gasteiger partial charge in [-0.25, -0.2) is 0 Å². The molecule has 0 aliphatic heterocycles. The third-order valence-electron chi connectivity index (χ3n) is 3.73. The average molecular weight is 257 g/mol. The summed E-state index contributed by atoms with van der Waals surface area (Å²) in [5.74, 6) is 0. The zero-order valence-electron chi connectivity index (χ0n) is 12.3. The van der Waals surface area contributed by atoms with Crippen LogP contribution in [0.5, 0.6) is 0 Å². The van der Waals surface area contributed by atoms with Crippen molar-refractivity contribution in [1.29, 1.82) is 0 Å². The summed E-state index contributed by atoms with van der Waals surface area (Å²) in [7, 11) is 0. The van der Waals surface area contributed by atoms with E-state index < -0.39 is 0 Å². The molecular weight excluding hydrogens is 226 g/mol. The Morgan fingerprint density at radius 1 is 1.00 bits per heavy atom. The Labute approximate surface area is 113 Å². The summed E-state index contributed by atoms with van der Waals surface area (Å²) in [5.41, 5.74) is 0.175. The van der Waals surface area contributed by atoms with Gasteiger partial charge in [0.25, 0.3) is 0 Å². The van der Waals surface area contributed by atoms with Gasteiger partial charge >= 0.3 is 0 Å². The lowest BCUT2D eigenvalue weighted by atomic mass is 9.77. The maximum atomic E-state index is 6.06. The molecule has 1 saturated carbocycles. The summed E-state index contributed by atoms with van der Waals surface area (Å²) in [5, 5.41) is 3.47. The first-order chi connectivity index (χ1) is 8.83. The maximum Gasteiger partial charge on any atom is 0.0708 e. The van der Waals surface area contributed by atoms with Crippen LogP contribution >= 0.6 is 0 Å². The fraction of sp³-hybridized carbons (Fsp3) is 1.00. The van der Waals surface area contributed by atoms with Crippen molar-refractivity contribution < 1.29 is 9.47 Å². The third-order valence-corrected chi connectivity index (χ3v) is 3.73. The lowest BCUT2D eigenvalue weighted by Gasteiger charge is -2.42. The molecule has 1 rings (SSSR count). The second kappa shape index (κ2) is 9.76. The van der Waals surface area contributed by atoms with Crippen molar-refractivity contribution in [3.05, 3.63) is 0 Å². The normalized spacial score (nSPS) is 17.7. The number of hydrogen-bond acceptors (Lipinski definition) is 3. The standard InChI is InChI=1S/C15H31NO2/c1-3-5-12-17-13-14-18-15(7-6-8-15)9-11-16-10-4-2/h16H,3-14H2,1-2H3. The van der Waals surface area contributed by atoms with Gasteiger partial charge < -0.3 is 14.8 Å². The van der Waals surface area contributed by atoms with Gasteiger partial charge in [-0.2, -0.15) is 0 Å². The van der Waals surface area contributed by atoms with E-state index >= 15 is 0 Å². The molecule has 108 valence electrons. The Hall–Kier alpha value is -0.120. The Kier molecular flexibility index (Phi) is 8.64. The summed E-state index contributed by atoms with van der Waals surface area (Å²) in [6, 6.07) is 0. The fourth-order valence-electron chi connectivity index (χ4n) is 2.32. The third kappa shape index (κ3) is 6.17. The van der Waals surface area contributed by atoms with E-state index in [1.165, 1.54) is 32.1 Å². The van der Waals surface area contributed by atoms with Gasteiger partial charge in [-0.05, 0) is 51.6 Å². The first-order valence-electron chi connectivity index (χ1n) is 7.75. The molecule has 3 heteroatoms. The molecule has 1 N–H and O–H groups in total. The van der Waals surface area contributed by atoms with Crippen molar-refractivity contribution >= 4 is 0 Å². The molecule has 1 aliphatic carbocycles. The first-order valence-corrected chi connectivity index (χ1v) is 7.75. The molecular formula is C15H31NO2. The molecule has 18 heavy (non-hydrogen) atoms. The van der Waals surface area contributed by atoms with Crippen LogP contribution < -0.4 is 5.32 Å². The summed E-state index contributed by atoms with van der Waals surface area (Å²) >= 11 is 0. The summed E-state index contributed by atoms with van der Waals surface area (Å²) in [6.45, 7) is 9.00. The minimum absolute atomic E-state index is 0.175. The van der Waals surface area contributed by atoms with Gasteiger partial charge in [0.15, 0.2) is 0 Å². The summed E-state index contributed by atoms with van der Waals surface area (Å²) < 4.78 is 11.6. The number of unbranched alkanes of at least 4 members (excludes halogenated alkanes) is 1. The van der Waals surface area contributed by atoms with Crippen molar-refractivity contribution in [1.82, 2.24) is 5.32 Å². The highest BCUT2D eigenvalue weighted by atomic mass is 16.5. The van der Waals surface area contributed by atoms with E-state index in [4.69, 9.17) is 9.47 Å². The maximum absolute atomic E-state index is 6.06. The Balaban J connectivity index is 2.01. The van der Waals surface area contributed by atoms with Crippen LogP contribution in [0.1, 0.15) is 58.8 Å². The summed E-state index contributed by atoms with van der Waals surface area (Å²) in [4.78, 5) is 0. The molecule has 0 atom stereocenters. The van der Waals surface area contributed by atoms with E-state index in [1.807, 2.05) is 0 Å². The summed E-state index contributed by atoms with van der Waals surface area (Å²) in [6.07, 6.45) is 8.51. The SMILES string of the molecule is CCCCOCCOC1(CCNCCC)CCC1. The zero-order chi connectivity index (χ0) is 13.1. The molecule has 3 nitrogen and oxygen atoms in total. The molecule has 0 aromatic heterocycles. The second-order valence-corrected chi connectivity index (χ2v) is 5.35. The molecule has 0 aromatic rings. The van der Waals surface area contributed by atoms with Gasteiger partial charge in [0.05, 0.1) is 18.8 Å². The molecule has 0 unspecified atom stereocenters. The molecule has 0 spiro atoms. The van der Waals surface area contributed by atoms with Crippen LogP contribution in [0.4, 0.5) is 0 Å². The lowest BCUT2D eigenvalue weighted by molar-refractivity contribution is -0.117. The van der Waals surface area contributed by atoms with Gasteiger partial charge in [-0.1, -0.05) is 20.3 Å². The molecule has 0 saturated heterocycles. The number of hydrogen-bond donors (Lipinski definition) is 1. The van der Waals surface area contributed by atoms with Crippen molar-refractivity contribution in [3.63, 3.8) is 0 Å². The molecule has 1 aliphatic rings. The Morgan fingerprint density at radius 2 is 1.83 bits per heavy atom. The minimum Gasteiger partial charge on any atom is -0.379 e. The molecule has 0 heterocycles. The average Bonchev–Trinajstić information content (AvgIpc) is 2.34. The van der Waals surface area contributed by atoms with Crippen LogP contribution in [0.25, 0.3) is 0 Å². The fourth-order valence-corrected chi connectivity index (χ4v) is 2.32. The lowest BCUT2D eigenvalue weighted by Crippen LogP contribution is -2.43. The highest BCUT2D eigenvalue weighted by molar-refractivity contribution is 4.90. The largest absolute Gasteiger partial charge is 0.379 e. The number of ether oxygens (including phenoxy) is 2. The van der Waals surface area contributed by atoms with Gasteiger partial charge in [0.2, 0.25) is 0 Å². The number of nitrogens with one attached hydrogen (secondary N) is 1. The predicted octanol–water partition coefficient (Wildman–Crippen LogP) is 3.13. The van der Waals surface area contributed by atoms with Crippen molar-refractivity contribution in [2.75, 3.05) is 32.9 Å². The van der Waals surface area contributed by atoms with Gasteiger partial charge in [-0.3, -0.25) is 0 Å². The molecule has 0 amide bonds. The van der Waals surface area contributed by atoms with E-state index in [-0.39, 0.29) is 5.60 Å². The van der Waals surface area contributed by atoms with Crippen molar-refractivity contribution in [2.45, 2.75) is 64.4 Å². The topological polar surface area (TPSA) is 30.5 Å². The Morgan fingerprint density at radius 3 is 2.44 bits per heavy atom. The molecule has 0 radical (unpaired) electrons. The monoisotopic (exact) mass is 257 g/mol. The predicted molar refractivity (Wildman–Crippen MR) is 76.0 cm³/mol. The van der Waals surface area contributed by atoms with E-state index in [0.717, 1.165) is 45.8 Å². The molecule has 1 fully saturated rings. The molecule has 0 aromatic carbocycles. The zero-order valence-corrected chi connectivity index (χ0v) is 12.3. The molecule has 0 bridgehead atoms. The second-order valence-electron chi connectivity index (χ2n) is 5.35. The van der Waals surface area contributed by atoms with E-state index in [1.54, 1.807) is 0 Å². The van der Waals surface area contributed by atoms with Crippen LogP contribution in [-0.2, 0) is 9.47 Å². The van der Waals surface area contributed by atoms with Crippen LogP contribution in [0.3, 0.4) is 0 Å². The van der Waals surface area contributed by atoms with Crippen LogP contribution in [0, 0.1) is 0 Å². The Bertz CT molecular complexity index is 193. The van der Waals surface area contributed by atoms with Gasteiger partial charge in [-0.15, -0.1) is 0 Å². The van der Waals surface area contributed by atoms with Crippen LogP contribution in [0.15, 0.2) is 0 Å². The van der Waals surface area contributed by atoms with E-state index in [9.17, 15) is 0 Å². The van der Waals surface area contributed by atoms with E-state index in [2.05, 4.69) is 19.2 Å². The van der Waals surface area contributed by atoms with Crippen molar-refractivity contribution in [2.24, 2.45) is 0 Å². The van der Waals surface area contributed by atoms with Crippen LogP contribution in [-0.4, -0.2) is 38.5 Å². The van der Waals surface area contributed by atoms with Gasteiger partial charge in [0, 0.05) is 6.61 Å². The minimum atomic E-state index is 0.175. The first kappa shape index (κ1) is 15.9. The smallest absolute Gasteiger partial charge is 0.0708 e. The van der Waals surface area contributed by atoms with E-state index in [0.29, 0.717) is 0 Å².